The average molecular weight is 460 g/mol. The standard InChI is InChI=1S/C22H18ClN3O2S.ClH/c23-15-7-4-8-16(11-15)26-21(27)19-17-9-10-25(12-14-5-2-1-3-6-14)13-18(17)29-20(19)24-22(26)28;/h1-8,11H,9-10,12-13H2,(H,24,28);1H. The van der Waals surface area contributed by atoms with Crippen LogP contribution >= 0.6 is 35.3 Å². The van der Waals surface area contributed by atoms with E-state index in [4.69, 9.17) is 11.6 Å². The number of thiophene rings is 1. The van der Waals surface area contributed by atoms with E-state index in [2.05, 4.69) is 22.0 Å². The molecule has 0 bridgehead atoms. The maximum Gasteiger partial charge on any atom is 0.334 e. The van der Waals surface area contributed by atoms with Crippen molar-refractivity contribution in [3.63, 3.8) is 0 Å². The molecule has 4 aromatic rings. The van der Waals surface area contributed by atoms with Crippen molar-refractivity contribution in [2.45, 2.75) is 19.5 Å². The van der Waals surface area contributed by atoms with Gasteiger partial charge in [0.1, 0.15) is 4.83 Å². The summed E-state index contributed by atoms with van der Waals surface area (Å²) in [6, 6.07) is 17.2. The van der Waals surface area contributed by atoms with Crippen molar-refractivity contribution in [1.29, 1.82) is 0 Å². The topological polar surface area (TPSA) is 58.1 Å². The Morgan fingerprint density at radius 2 is 1.87 bits per heavy atom. The van der Waals surface area contributed by atoms with Crippen molar-refractivity contribution in [3.05, 3.63) is 96.5 Å². The lowest BCUT2D eigenvalue weighted by atomic mass is 10.0. The minimum atomic E-state index is -0.440. The highest BCUT2D eigenvalue weighted by Crippen LogP contribution is 2.32. The number of nitrogens with zero attached hydrogens (tertiary/aromatic N) is 2. The van der Waals surface area contributed by atoms with Crippen LogP contribution < -0.4 is 11.2 Å². The van der Waals surface area contributed by atoms with E-state index < -0.39 is 5.69 Å². The molecule has 5 nitrogen and oxygen atoms in total. The number of rotatable bonds is 3. The summed E-state index contributed by atoms with van der Waals surface area (Å²) in [6.07, 6.45) is 0.791. The molecule has 154 valence electrons. The zero-order valence-corrected chi connectivity index (χ0v) is 18.3. The number of hydrogen-bond donors (Lipinski definition) is 1. The Morgan fingerprint density at radius 3 is 2.63 bits per heavy atom. The van der Waals surface area contributed by atoms with E-state index in [-0.39, 0.29) is 18.0 Å². The molecule has 0 saturated heterocycles. The molecule has 0 saturated carbocycles. The molecule has 0 radical (unpaired) electrons. The fourth-order valence-corrected chi connectivity index (χ4v) is 5.41. The van der Waals surface area contributed by atoms with Gasteiger partial charge in [-0.2, -0.15) is 0 Å². The first-order valence-electron chi connectivity index (χ1n) is 9.42. The van der Waals surface area contributed by atoms with Gasteiger partial charge in [0, 0.05) is 29.5 Å². The van der Waals surface area contributed by atoms with Crippen molar-refractivity contribution in [2.24, 2.45) is 0 Å². The van der Waals surface area contributed by atoms with Crippen LogP contribution in [0.3, 0.4) is 0 Å². The Kier molecular flexibility index (Phi) is 5.84. The molecule has 1 N–H and O–H groups in total. The van der Waals surface area contributed by atoms with Gasteiger partial charge in [0.25, 0.3) is 5.56 Å². The number of aromatic nitrogens is 2. The van der Waals surface area contributed by atoms with Crippen LogP contribution in [0.4, 0.5) is 0 Å². The van der Waals surface area contributed by atoms with Crippen LogP contribution in [-0.4, -0.2) is 21.0 Å². The Morgan fingerprint density at radius 1 is 1.07 bits per heavy atom. The molecule has 3 heterocycles. The maximum atomic E-state index is 13.3. The Balaban J connectivity index is 0.00000218. The number of hydrogen-bond acceptors (Lipinski definition) is 4. The SMILES string of the molecule is Cl.O=c1[nH]c2sc3c(c2c(=O)n1-c1cccc(Cl)c1)CCN(Cc1ccccc1)C3. The van der Waals surface area contributed by atoms with Crippen LogP contribution in [0.1, 0.15) is 16.0 Å². The molecule has 8 heteroatoms. The molecule has 0 aliphatic carbocycles. The second kappa shape index (κ2) is 8.40. The second-order valence-corrected chi connectivity index (χ2v) is 8.75. The highest BCUT2D eigenvalue weighted by atomic mass is 35.5. The number of nitrogens with one attached hydrogen (secondary N) is 1. The van der Waals surface area contributed by atoms with Gasteiger partial charge in [-0.3, -0.25) is 14.7 Å². The summed E-state index contributed by atoms with van der Waals surface area (Å²) >= 11 is 7.58. The Labute approximate surface area is 188 Å². The van der Waals surface area contributed by atoms with Crippen LogP contribution in [0.5, 0.6) is 0 Å². The third-order valence-corrected chi connectivity index (χ3v) is 6.66. The number of benzene rings is 2. The lowest BCUT2D eigenvalue weighted by Gasteiger charge is -2.26. The molecular weight excluding hydrogens is 441 g/mol. The molecule has 5 rings (SSSR count). The summed E-state index contributed by atoms with van der Waals surface area (Å²) in [5.74, 6) is 0. The number of halogens is 2. The molecule has 0 unspecified atom stereocenters. The number of fused-ring (bicyclic) bond motifs is 3. The van der Waals surface area contributed by atoms with E-state index in [0.717, 1.165) is 36.5 Å². The van der Waals surface area contributed by atoms with E-state index in [1.807, 2.05) is 18.2 Å². The smallest absolute Gasteiger partial charge is 0.298 e. The molecule has 1 aliphatic rings. The van der Waals surface area contributed by atoms with E-state index in [1.54, 1.807) is 24.3 Å². The van der Waals surface area contributed by atoms with Crippen molar-refractivity contribution >= 4 is 45.6 Å². The highest BCUT2D eigenvalue weighted by Gasteiger charge is 2.24. The fourth-order valence-electron chi connectivity index (χ4n) is 3.95. The number of H-pyrrole nitrogens is 1. The van der Waals surface area contributed by atoms with E-state index in [1.165, 1.54) is 21.5 Å². The first-order valence-corrected chi connectivity index (χ1v) is 10.6. The summed E-state index contributed by atoms with van der Waals surface area (Å²) in [5, 5.41) is 1.11. The summed E-state index contributed by atoms with van der Waals surface area (Å²) in [4.78, 5) is 33.0. The average Bonchev–Trinajstić information content (AvgIpc) is 3.06. The minimum Gasteiger partial charge on any atom is -0.298 e. The van der Waals surface area contributed by atoms with Crippen molar-refractivity contribution in [3.8, 4) is 5.69 Å². The van der Waals surface area contributed by atoms with Crippen LogP contribution in [0.2, 0.25) is 5.02 Å². The predicted molar refractivity (Wildman–Crippen MR) is 125 cm³/mol. The van der Waals surface area contributed by atoms with E-state index in [0.29, 0.717) is 20.9 Å². The first-order chi connectivity index (χ1) is 14.1. The second-order valence-electron chi connectivity index (χ2n) is 7.20. The van der Waals surface area contributed by atoms with Crippen LogP contribution in [0, 0.1) is 0 Å². The minimum absolute atomic E-state index is 0. The third kappa shape index (κ3) is 3.72. The molecule has 2 aromatic heterocycles. The molecule has 30 heavy (non-hydrogen) atoms. The van der Waals surface area contributed by atoms with E-state index >= 15 is 0 Å². The summed E-state index contributed by atoms with van der Waals surface area (Å²) in [5.41, 5.74) is 2.09. The molecule has 0 spiro atoms. The van der Waals surface area contributed by atoms with Gasteiger partial charge < -0.3 is 0 Å². The molecule has 0 amide bonds. The monoisotopic (exact) mass is 459 g/mol. The third-order valence-electron chi connectivity index (χ3n) is 5.29. The molecule has 1 aliphatic heterocycles. The summed E-state index contributed by atoms with van der Waals surface area (Å²) in [7, 11) is 0. The predicted octanol–water partition coefficient (Wildman–Crippen LogP) is 4.37. The van der Waals surface area contributed by atoms with Crippen LogP contribution in [-0.2, 0) is 19.5 Å². The van der Waals surface area contributed by atoms with Gasteiger partial charge in [0.05, 0.1) is 11.1 Å². The van der Waals surface area contributed by atoms with Crippen molar-refractivity contribution in [2.75, 3.05) is 6.54 Å². The van der Waals surface area contributed by atoms with Gasteiger partial charge in [0.15, 0.2) is 0 Å². The molecule has 0 fully saturated rings. The fraction of sp³-hybridized carbons (Fsp3) is 0.182. The van der Waals surface area contributed by atoms with Crippen LogP contribution in [0.25, 0.3) is 15.9 Å². The van der Waals surface area contributed by atoms with Gasteiger partial charge in [-0.05, 0) is 35.7 Å². The van der Waals surface area contributed by atoms with Gasteiger partial charge >= 0.3 is 5.69 Å². The number of aromatic amines is 1. The zero-order chi connectivity index (χ0) is 20.0. The lowest BCUT2D eigenvalue weighted by molar-refractivity contribution is 0.249. The molecule has 2 aromatic carbocycles. The highest BCUT2D eigenvalue weighted by molar-refractivity contribution is 7.18. The summed E-state index contributed by atoms with van der Waals surface area (Å²) in [6.45, 7) is 2.53. The lowest BCUT2D eigenvalue weighted by Crippen LogP contribution is -2.34. The zero-order valence-electron chi connectivity index (χ0n) is 15.9. The Hall–Kier alpha value is -2.38. The Bertz CT molecular complexity index is 1330. The quantitative estimate of drug-likeness (QED) is 0.494. The van der Waals surface area contributed by atoms with Crippen molar-refractivity contribution in [1.82, 2.24) is 14.5 Å². The van der Waals surface area contributed by atoms with Gasteiger partial charge in [0.2, 0.25) is 0 Å². The van der Waals surface area contributed by atoms with E-state index in [9.17, 15) is 9.59 Å². The normalized spacial score (nSPS) is 13.8. The summed E-state index contributed by atoms with van der Waals surface area (Å²) < 4.78 is 1.18. The molecule has 0 atom stereocenters. The maximum absolute atomic E-state index is 13.3. The van der Waals surface area contributed by atoms with Crippen molar-refractivity contribution < 1.29 is 0 Å². The van der Waals surface area contributed by atoms with Gasteiger partial charge in [-0.1, -0.05) is 48.0 Å². The molecular formula is C22H19Cl2N3O2S. The first kappa shape index (κ1) is 20.9. The van der Waals surface area contributed by atoms with Gasteiger partial charge in [-0.25, -0.2) is 9.36 Å². The van der Waals surface area contributed by atoms with Crippen LogP contribution in [0.15, 0.2) is 64.2 Å². The largest absolute Gasteiger partial charge is 0.334 e. The van der Waals surface area contributed by atoms with Gasteiger partial charge in [-0.15, -0.1) is 23.7 Å².